The highest BCUT2D eigenvalue weighted by molar-refractivity contribution is 8.14. The monoisotopic (exact) mass is 265 g/mol. The molecule has 2 rings (SSSR count). The Morgan fingerprint density at radius 2 is 1.94 bits per heavy atom. The summed E-state index contributed by atoms with van der Waals surface area (Å²) in [7, 11) is 2.19. The number of piperidine rings is 1. The summed E-state index contributed by atoms with van der Waals surface area (Å²) < 4.78 is 23.3. The summed E-state index contributed by atoms with van der Waals surface area (Å²) in [6.07, 6.45) is 5.29. The van der Waals surface area contributed by atoms with Crippen molar-refractivity contribution in [2.45, 2.75) is 50.3 Å². The fourth-order valence-corrected chi connectivity index (χ4v) is 5.22. The number of hydrogen-bond donors (Lipinski definition) is 0. The van der Waals surface area contributed by atoms with Crippen molar-refractivity contribution in [3.8, 4) is 0 Å². The van der Waals surface area contributed by atoms with E-state index in [2.05, 4.69) is 11.8 Å². The summed E-state index contributed by atoms with van der Waals surface area (Å²) in [6.45, 7) is 4.07. The second-order valence-electron chi connectivity index (χ2n) is 4.97. The molecule has 0 unspecified atom stereocenters. The van der Waals surface area contributed by atoms with Crippen molar-refractivity contribution >= 4 is 19.7 Å². The summed E-state index contributed by atoms with van der Waals surface area (Å²) in [6, 6.07) is 0.176. The molecule has 1 heterocycles. The van der Waals surface area contributed by atoms with Crippen molar-refractivity contribution < 1.29 is 8.42 Å². The van der Waals surface area contributed by atoms with Gasteiger partial charge in [-0.3, -0.25) is 4.90 Å². The average Bonchev–Trinajstić information content (AvgIpc) is 2.26. The van der Waals surface area contributed by atoms with Crippen LogP contribution in [0.25, 0.3) is 0 Å². The normalized spacial score (nSPS) is 37.0. The van der Waals surface area contributed by atoms with E-state index in [0.717, 1.165) is 25.9 Å². The van der Waals surface area contributed by atoms with E-state index in [1.165, 1.54) is 19.3 Å². The SMILES string of the molecule is CCN1CCC[C@@H]2CCC[C@H](S(=O)(=O)Cl)[C@@H]21. The molecule has 1 aliphatic carbocycles. The van der Waals surface area contributed by atoms with E-state index in [1.807, 2.05) is 0 Å². The summed E-state index contributed by atoms with van der Waals surface area (Å²) in [5, 5.41) is -0.340. The molecule has 1 aliphatic heterocycles. The van der Waals surface area contributed by atoms with E-state index < -0.39 is 9.05 Å². The minimum Gasteiger partial charge on any atom is -0.299 e. The summed E-state index contributed by atoms with van der Waals surface area (Å²) >= 11 is 0. The van der Waals surface area contributed by atoms with Crippen LogP contribution in [0.1, 0.15) is 39.0 Å². The van der Waals surface area contributed by atoms with Crippen LogP contribution >= 0.6 is 10.7 Å². The Hall–Kier alpha value is 0.200. The van der Waals surface area contributed by atoms with Crippen LogP contribution in [0, 0.1) is 5.92 Å². The highest BCUT2D eigenvalue weighted by atomic mass is 35.7. The zero-order valence-corrected chi connectivity index (χ0v) is 11.3. The quantitative estimate of drug-likeness (QED) is 0.719. The molecule has 1 saturated carbocycles. The van der Waals surface area contributed by atoms with E-state index in [-0.39, 0.29) is 11.3 Å². The van der Waals surface area contributed by atoms with Gasteiger partial charge in [0.05, 0.1) is 5.25 Å². The van der Waals surface area contributed by atoms with Gasteiger partial charge in [0.2, 0.25) is 9.05 Å². The Kier molecular flexibility index (Phi) is 3.82. The average molecular weight is 266 g/mol. The van der Waals surface area contributed by atoms with E-state index >= 15 is 0 Å². The minimum atomic E-state index is -3.41. The minimum absolute atomic E-state index is 0.176. The van der Waals surface area contributed by atoms with Crippen molar-refractivity contribution in [2.75, 3.05) is 13.1 Å². The second kappa shape index (κ2) is 4.83. The van der Waals surface area contributed by atoms with Gasteiger partial charge in [-0.2, -0.15) is 0 Å². The highest BCUT2D eigenvalue weighted by Gasteiger charge is 2.44. The van der Waals surface area contributed by atoms with Crippen molar-refractivity contribution in [1.82, 2.24) is 4.90 Å². The van der Waals surface area contributed by atoms with Crippen molar-refractivity contribution in [2.24, 2.45) is 5.92 Å². The van der Waals surface area contributed by atoms with Crippen molar-refractivity contribution in [1.29, 1.82) is 0 Å². The summed E-state index contributed by atoms with van der Waals surface area (Å²) in [5.74, 6) is 0.543. The number of rotatable bonds is 2. The Morgan fingerprint density at radius 1 is 1.25 bits per heavy atom. The Bertz CT molecular complexity index is 335. The molecule has 16 heavy (non-hydrogen) atoms. The zero-order valence-electron chi connectivity index (χ0n) is 9.73. The Morgan fingerprint density at radius 3 is 2.56 bits per heavy atom. The van der Waals surface area contributed by atoms with Gasteiger partial charge in [-0.25, -0.2) is 8.42 Å². The third-order valence-corrected chi connectivity index (χ3v) is 6.06. The molecule has 0 amide bonds. The number of hydrogen-bond acceptors (Lipinski definition) is 3. The fraction of sp³-hybridized carbons (Fsp3) is 1.00. The van der Waals surface area contributed by atoms with Crippen LogP contribution < -0.4 is 0 Å². The number of likely N-dealkylation sites (tertiary alicyclic amines) is 1. The second-order valence-corrected chi connectivity index (χ2v) is 7.81. The molecule has 0 N–H and O–H groups in total. The molecule has 94 valence electrons. The molecule has 5 heteroatoms. The first-order chi connectivity index (χ1) is 7.54. The molecule has 2 aliphatic rings. The lowest BCUT2D eigenvalue weighted by atomic mass is 9.78. The lowest BCUT2D eigenvalue weighted by Crippen LogP contribution is -2.55. The molecule has 0 aromatic rings. The third-order valence-electron chi connectivity index (χ3n) is 4.14. The molecule has 3 nitrogen and oxygen atoms in total. The largest absolute Gasteiger partial charge is 0.299 e. The van der Waals surface area contributed by atoms with Crippen molar-refractivity contribution in [3.63, 3.8) is 0 Å². The highest BCUT2D eigenvalue weighted by Crippen LogP contribution is 2.39. The maximum Gasteiger partial charge on any atom is 0.237 e. The molecule has 0 bridgehead atoms. The van der Waals surface area contributed by atoms with E-state index in [4.69, 9.17) is 10.7 Å². The van der Waals surface area contributed by atoms with Gasteiger partial charge in [0.1, 0.15) is 0 Å². The first-order valence-corrected chi connectivity index (χ1v) is 8.59. The Balaban J connectivity index is 2.25. The molecule has 2 fully saturated rings. The van der Waals surface area contributed by atoms with Gasteiger partial charge in [0, 0.05) is 16.7 Å². The molecule has 0 aromatic carbocycles. The van der Waals surface area contributed by atoms with Gasteiger partial charge in [-0.15, -0.1) is 0 Å². The molecular formula is C11H20ClNO2S. The molecule has 0 aromatic heterocycles. The fourth-order valence-electron chi connectivity index (χ4n) is 3.46. The van der Waals surface area contributed by atoms with Gasteiger partial charge in [0.15, 0.2) is 0 Å². The number of fused-ring (bicyclic) bond motifs is 1. The molecule has 0 radical (unpaired) electrons. The van der Waals surface area contributed by atoms with Gasteiger partial charge < -0.3 is 0 Å². The van der Waals surface area contributed by atoms with Crippen molar-refractivity contribution in [3.05, 3.63) is 0 Å². The molecular weight excluding hydrogens is 246 g/mol. The first-order valence-electron chi connectivity index (χ1n) is 6.21. The molecule has 1 saturated heterocycles. The Labute approximate surface area is 103 Å². The van der Waals surface area contributed by atoms with E-state index in [1.54, 1.807) is 0 Å². The third kappa shape index (κ3) is 2.39. The van der Waals surface area contributed by atoms with Gasteiger partial charge in [-0.05, 0) is 44.7 Å². The van der Waals surface area contributed by atoms with E-state index in [0.29, 0.717) is 5.92 Å². The van der Waals surface area contributed by atoms with Crippen LogP contribution in [0.4, 0.5) is 0 Å². The topological polar surface area (TPSA) is 37.4 Å². The predicted octanol–water partition coefficient (Wildman–Crippen LogP) is 2.21. The number of halogens is 1. The maximum atomic E-state index is 11.6. The standard InChI is InChI=1S/C11H20ClNO2S/c1-2-13-8-4-6-9-5-3-7-10(11(9)13)16(12,14)15/h9-11H,2-8H2,1H3/t9-,10-,11+/m0/s1. The van der Waals surface area contributed by atoms with Gasteiger partial charge >= 0.3 is 0 Å². The van der Waals surface area contributed by atoms with Crippen LogP contribution in [0.2, 0.25) is 0 Å². The zero-order chi connectivity index (χ0) is 11.8. The van der Waals surface area contributed by atoms with Crippen LogP contribution in [-0.4, -0.2) is 37.7 Å². The lowest BCUT2D eigenvalue weighted by Gasteiger charge is -2.46. The predicted molar refractivity (Wildman–Crippen MR) is 66.2 cm³/mol. The smallest absolute Gasteiger partial charge is 0.237 e. The van der Waals surface area contributed by atoms with E-state index in [9.17, 15) is 8.42 Å². The van der Waals surface area contributed by atoms with Crippen LogP contribution in [-0.2, 0) is 9.05 Å². The van der Waals surface area contributed by atoms with Crippen LogP contribution in [0.5, 0.6) is 0 Å². The van der Waals surface area contributed by atoms with Crippen LogP contribution in [0.3, 0.4) is 0 Å². The summed E-state index contributed by atoms with van der Waals surface area (Å²) in [4.78, 5) is 2.32. The molecule has 0 spiro atoms. The number of nitrogens with zero attached hydrogens (tertiary/aromatic N) is 1. The lowest BCUT2D eigenvalue weighted by molar-refractivity contribution is 0.0688. The van der Waals surface area contributed by atoms with Gasteiger partial charge in [-0.1, -0.05) is 13.3 Å². The first kappa shape index (κ1) is 12.7. The van der Waals surface area contributed by atoms with Crippen LogP contribution in [0.15, 0.2) is 0 Å². The summed E-state index contributed by atoms with van der Waals surface area (Å²) in [5.41, 5.74) is 0. The molecule has 3 atom stereocenters. The maximum absolute atomic E-state index is 11.6. The van der Waals surface area contributed by atoms with Gasteiger partial charge in [0.25, 0.3) is 0 Å².